The molecule has 3 amide bonds. The summed E-state index contributed by atoms with van der Waals surface area (Å²) in [6.07, 6.45) is 2.33. The van der Waals surface area contributed by atoms with E-state index in [9.17, 15) is 14.4 Å². The Morgan fingerprint density at radius 2 is 1.90 bits per heavy atom. The Hall–Kier alpha value is -3.19. The predicted octanol–water partition coefficient (Wildman–Crippen LogP) is 2.01. The van der Waals surface area contributed by atoms with Gasteiger partial charge in [0, 0.05) is 45.2 Å². The van der Waals surface area contributed by atoms with Gasteiger partial charge in [0.15, 0.2) is 0 Å². The fraction of sp³-hybridized carbons (Fsp3) is 0.375. The highest BCUT2D eigenvalue weighted by atomic mass is 16.2. The first-order chi connectivity index (χ1) is 15.0. The van der Waals surface area contributed by atoms with Crippen LogP contribution in [-0.4, -0.2) is 60.7 Å². The summed E-state index contributed by atoms with van der Waals surface area (Å²) in [4.78, 5) is 39.1. The molecular weight excluding hydrogens is 392 g/mol. The number of carbonyl (C=O) groups excluding carboxylic acids is 3. The summed E-state index contributed by atoms with van der Waals surface area (Å²) in [6.45, 7) is 2.56. The summed E-state index contributed by atoms with van der Waals surface area (Å²) in [5.41, 5.74) is 9.06. The van der Waals surface area contributed by atoms with Gasteiger partial charge in [0.25, 0.3) is 5.91 Å². The first-order valence-corrected chi connectivity index (χ1v) is 10.7. The molecule has 31 heavy (non-hydrogen) atoms. The molecule has 3 rings (SSSR count). The fourth-order valence-corrected chi connectivity index (χ4v) is 3.70. The number of hydrogen-bond acceptors (Lipinski definition) is 4. The molecule has 2 aromatic carbocycles. The number of rotatable bonds is 9. The van der Waals surface area contributed by atoms with Crippen LogP contribution in [0.25, 0.3) is 11.1 Å². The van der Waals surface area contributed by atoms with E-state index < -0.39 is 0 Å². The Labute approximate surface area is 183 Å². The highest BCUT2D eigenvalue weighted by Crippen LogP contribution is 2.22. The van der Waals surface area contributed by atoms with Gasteiger partial charge in [-0.25, -0.2) is 0 Å². The van der Waals surface area contributed by atoms with Crippen LogP contribution < -0.4 is 11.1 Å². The third-order valence-electron chi connectivity index (χ3n) is 5.49. The lowest BCUT2D eigenvalue weighted by Gasteiger charge is -2.16. The highest BCUT2D eigenvalue weighted by Gasteiger charge is 2.19. The van der Waals surface area contributed by atoms with Gasteiger partial charge in [-0.05, 0) is 47.7 Å². The van der Waals surface area contributed by atoms with E-state index in [0.717, 1.165) is 36.1 Å². The van der Waals surface area contributed by atoms with Gasteiger partial charge in [0.1, 0.15) is 0 Å². The standard InChI is InChI=1S/C24H30N4O3/c1-27(23(30)16-25)17-18-5-2-6-21(15-18)19-8-10-20(11-9-19)24(31)26-12-4-14-28-13-3-7-22(28)29/h2,5-6,8-11,15H,3-4,7,12-14,16-17,25H2,1H3,(H,26,31). The van der Waals surface area contributed by atoms with Crippen LogP contribution in [0, 0.1) is 0 Å². The van der Waals surface area contributed by atoms with E-state index >= 15 is 0 Å². The summed E-state index contributed by atoms with van der Waals surface area (Å²) in [7, 11) is 1.73. The largest absolute Gasteiger partial charge is 0.352 e. The number of nitrogens with two attached hydrogens (primary N) is 1. The lowest BCUT2D eigenvalue weighted by Crippen LogP contribution is -2.32. The van der Waals surface area contributed by atoms with Crippen LogP contribution in [0.5, 0.6) is 0 Å². The van der Waals surface area contributed by atoms with Crippen molar-refractivity contribution in [1.29, 1.82) is 0 Å². The molecule has 1 saturated heterocycles. The van der Waals surface area contributed by atoms with Crippen molar-refractivity contribution in [2.75, 3.05) is 33.2 Å². The third-order valence-corrected chi connectivity index (χ3v) is 5.49. The number of nitrogens with zero attached hydrogens (tertiary/aromatic N) is 2. The second-order valence-electron chi connectivity index (χ2n) is 7.83. The zero-order chi connectivity index (χ0) is 22.2. The van der Waals surface area contributed by atoms with Crippen LogP contribution in [0.4, 0.5) is 0 Å². The topological polar surface area (TPSA) is 95.7 Å². The number of likely N-dealkylation sites (tertiary alicyclic amines) is 1. The maximum atomic E-state index is 12.4. The van der Waals surface area contributed by atoms with Gasteiger partial charge in [-0.15, -0.1) is 0 Å². The molecule has 2 aromatic rings. The van der Waals surface area contributed by atoms with Gasteiger partial charge in [-0.1, -0.05) is 30.3 Å². The van der Waals surface area contributed by atoms with Crippen molar-refractivity contribution in [1.82, 2.24) is 15.1 Å². The van der Waals surface area contributed by atoms with Gasteiger partial charge in [-0.2, -0.15) is 0 Å². The van der Waals surface area contributed by atoms with Crippen LogP contribution in [-0.2, 0) is 16.1 Å². The maximum absolute atomic E-state index is 12.4. The molecular formula is C24H30N4O3. The van der Waals surface area contributed by atoms with Crippen molar-refractivity contribution >= 4 is 17.7 Å². The molecule has 7 heteroatoms. The number of likely N-dealkylation sites (N-methyl/N-ethyl adjacent to an activating group) is 1. The fourth-order valence-electron chi connectivity index (χ4n) is 3.70. The maximum Gasteiger partial charge on any atom is 0.251 e. The smallest absolute Gasteiger partial charge is 0.251 e. The van der Waals surface area contributed by atoms with Gasteiger partial charge >= 0.3 is 0 Å². The average molecular weight is 423 g/mol. The summed E-state index contributed by atoms with van der Waals surface area (Å²) in [5.74, 6) is -0.00798. The van der Waals surface area contributed by atoms with E-state index in [1.165, 1.54) is 0 Å². The number of carbonyl (C=O) groups is 3. The summed E-state index contributed by atoms with van der Waals surface area (Å²) in [6, 6.07) is 15.4. The van der Waals surface area contributed by atoms with E-state index in [1.807, 2.05) is 53.4 Å². The monoisotopic (exact) mass is 422 g/mol. The molecule has 164 valence electrons. The van der Waals surface area contributed by atoms with Crippen molar-refractivity contribution < 1.29 is 14.4 Å². The molecule has 0 saturated carbocycles. The van der Waals surface area contributed by atoms with Gasteiger partial charge in [0.2, 0.25) is 11.8 Å². The molecule has 3 N–H and O–H groups in total. The molecule has 0 aliphatic carbocycles. The zero-order valence-corrected chi connectivity index (χ0v) is 18.0. The molecule has 0 aromatic heterocycles. The van der Waals surface area contributed by atoms with Crippen LogP contribution in [0.15, 0.2) is 48.5 Å². The SMILES string of the molecule is CN(Cc1cccc(-c2ccc(C(=O)NCCCN3CCCC3=O)cc2)c1)C(=O)CN. The highest BCUT2D eigenvalue weighted by molar-refractivity contribution is 5.94. The van der Waals surface area contributed by atoms with Crippen LogP contribution in [0.1, 0.15) is 35.2 Å². The summed E-state index contributed by atoms with van der Waals surface area (Å²) in [5, 5.41) is 2.92. The number of amides is 3. The molecule has 1 aliphatic rings. The number of hydrogen-bond donors (Lipinski definition) is 2. The quantitative estimate of drug-likeness (QED) is 0.605. The molecule has 1 fully saturated rings. The molecule has 1 heterocycles. The van der Waals surface area contributed by atoms with E-state index in [1.54, 1.807) is 11.9 Å². The summed E-state index contributed by atoms with van der Waals surface area (Å²) < 4.78 is 0. The third kappa shape index (κ3) is 6.15. The Kier molecular flexibility index (Phi) is 7.78. The number of benzene rings is 2. The van der Waals surface area contributed by atoms with Crippen LogP contribution >= 0.6 is 0 Å². The van der Waals surface area contributed by atoms with Gasteiger partial charge < -0.3 is 20.9 Å². The molecule has 0 bridgehead atoms. The van der Waals surface area contributed by atoms with E-state index in [2.05, 4.69) is 5.32 Å². The van der Waals surface area contributed by atoms with E-state index in [0.29, 0.717) is 31.6 Å². The molecule has 0 spiro atoms. The molecule has 0 radical (unpaired) electrons. The molecule has 0 atom stereocenters. The van der Waals surface area contributed by atoms with Gasteiger partial charge in [-0.3, -0.25) is 14.4 Å². The minimum Gasteiger partial charge on any atom is -0.352 e. The second-order valence-corrected chi connectivity index (χ2v) is 7.83. The predicted molar refractivity (Wildman–Crippen MR) is 120 cm³/mol. The first-order valence-electron chi connectivity index (χ1n) is 10.7. The van der Waals surface area contributed by atoms with Crippen molar-refractivity contribution in [3.05, 3.63) is 59.7 Å². The lowest BCUT2D eigenvalue weighted by molar-refractivity contribution is -0.129. The Morgan fingerprint density at radius 3 is 2.58 bits per heavy atom. The van der Waals surface area contributed by atoms with Crippen molar-refractivity contribution in [2.24, 2.45) is 5.73 Å². The minimum atomic E-state index is -0.116. The molecule has 0 unspecified atom stereocenters. The second kappa shape index (κ2) is 10.7. The first kappa shape index (κ1) is 22.5. The number of nitrogens with one attached hydrogen (secondary N) is 1. The van der Waals surface area contributed by atoms with Crippen molar-refractivity contribution in [3.63, 3.8) is 0 Å². The Balaban J connectivity index is 1.53. The summed E-state index contributed by atoms with van der Waals surface area (Å²) >= 11 is 0. The van der Waals surface area contributed by atoms with Gasteiger partial charge in [0.05, 0.1) is 6.54 Å². The molecule has 7 nitrogen and oxygen atoms in total. The Bertz CT molecular complexity index is 927. The van der Waals surface area contributed by atoms with Crippen LogP contribution in [0.3, 0.4) is 0 Å². The van der Waals surface area contributed by atoms with E-state index in [4.69, 9.17) is 5.73 Å². The lowest BCUT2D eigenvalue weighted by atomic mass is 10.0. The molecule has 1 aliphatic heterocycles. The van der Waals surface area contributed by atoms with Crippen molar-refractivity contribution in [3.8, 4) is 11.1 Å². The van der Waals surface area contributed by atoms with Crippen molar-refractivity contribution in [2.45, 2.75) is 25.8 Å². The Morgan fingerprint density at radius 1 is 1.13 bits per heavy atom. The minimum absolute atomic E-state index is 0.00387. The van der Waals surface area contributed by atoms with Crippen LogP contribution in [0.2, 0.25) is 0 Å². The normalized spacial score (nSPS) is 13.4. The average Bonchev–Trinajstić information content (AvgIpc) is 3.20. The van der Waals surface area contributed by atoms with E-state index in [-0.39, 0.29) is 24.3 Å². The zero-order valence-electron chi connectivity index (χ0n) is 18.0.